The van der Waals surface area contributed by atoms with Gasteiger partial charge in [0.05, 0.1) is 68.3 Å². The van der Waals surface area contributed by atoms with Gasteiger partial charge in [-0.05, 0) is 112 Å². The van der Waals surface area contributed by atoms with Gasteiger partial charge in [0, 0.05) is 47.1 Å². The summed E-state index contributed by atoms with van der Waals surface area (Å²) >= 11 is 0. The summed E-state index contributed by atoms with van der Waals surface area (Å²) in [5.74, 6) is -3.03. The van der Waals surface area contributed by atoms with Crippen molar-refractivity contribution >= 4 is 62.7 Å². The molecule has 3 aliphatic rings. The molecule has 13 nitrogen and oxygen atoms in total. The van der Waals surface area contributed by atoms with Crippen LogP contribution in [-0.4, -0.2) is 78.9 Å². The molecule has 3 aromatic heterocycles. The predicted octanol–water partition coefficient (Wildman–Crippen LogP) is 8.82. The van der Waals surface area contributed by atoms with E-state index in [-0.39, 0.29) is 36.5 Å². The molecule has 1 aliphatic carbocycles. The van der Waals surface area contributed by atoms with Gasteiger partial charge in [-0.25, -0.2) is 9.78 Å². The topological polar surface area (TPSA) is 172 Å². The summed E-state index contributed by atoms with van der Waals surface area (Å²) in [6, 6.07) is 7.87. The molecule has 6 rings (SSSR count). The molecule has 3 aromatic rings. The number of aromatic amines is 2. The van der Waals surface area contributed by atoms with Gasteiger partial charge in [-0.3, -0.25) is 19.4 Å². The standard InChI is InChI=1S/C48H58N4O9/c1-11-12-13-14-21-61-29(5)44-28(4)35-22-39-33-18-15-32(46(55)59-9)45(47(56)60-10)48(33,6)41(52-39)25-36-27(3)31(17-20-43(54)58-8)38(50-36)24-37-30(16-19-42(53)57-7)26(2)34(49-37)23-40(44)51-35/h15,18,22-25,29,45,50-51H,11-14,16-17,19-21H2,1-10H3/t29?,45-,48+/m0/s1. The number of nitrogens with one attached hydrogen (secondary N) is 2. The number of carbonyl (C=O) groups is 4. The highest BCUT2D eigenvalue weighted by atomic mass is 16.5. The minimum absolute atomic E-state index is 0.128. The van der Waals surface area contributed by atoms with Gasteiger partial charge in [0.1, 0.15) is 5.92 Å². The number of esters is 4. The van der Waals surface area contributed by atoms with Crippen molar-refractivity contribution in [2.45, 2.75) is 104 Å². The van der Waals surface area contributed by atoms with Crippen LogP contribution < -0.4 is 0 Å². The van der Waals surface area contributed by atoms with Crippen molar-refractivity contribution in [3.8, 4) is 0 Å². The smallest absolute Gasteiger partial charge is 0.334 e. The second kappa shape index (κ2) is 18.8. The molecule has 1 unspecified atom stereocenters. The highest BCUT2D eigenvalue weighted by Gasteiger charge is 2.53. The van der Waals surface area contributed by atoms with Gasteiger partial charge < -0.3 is 33.7 Å². The largest absolute Gasteiger partial charge is 0.469 e. The summed E-state index contributed by atoms with van der Waals surface area (Å²) in [5, 5.41) is 0. The summed E-state index contributed by atoms with van der Waals surface area (Å²) in [7, 11) is 5.33. The number of carbonyl (C=O) groups excluding carboxylic acids is 4. The molecule has 2 N–H and O–H groups in total. The Balaban J connectivity index is 1.73. The van der Waals surface area contributed by atoms with E-state index >= 15 is 0 Å². The fourth-order valence-electron chi connectivity index (χ4n) is 8.91. The van der Waals surface area contributed by atoms with Crippen LogP contribution in [0, 0.1) is 19.8 Å². The average molecular weight is 835 g/mol. The number of H-pyrrole nitrogens is 2. The molecule has 0 radical (unpaired) electrons. The SMILES string of the molecule is CCCCCCOC(C)c1c(C)c2cc3nc(cc4[nH]c(cc5nc(cc1[nH]2)C(C)=C5CCC(=O)OC)c(CCC(=O)OC)c4C)[C@@]1(C)C3=CC=C(C(=O)OC)[C@H]1C(=O)OC. The summed E-state index contributed by atoms with van der Waals surface area (Å²) in [6.45, 7) is 12.8. The number of nitrogens with zero attached hydrogens (tertiary/aromatic N) is 2. The average Bonchev–Trinajstić information content (AvgIpc) is 3.91. The minimum atomic E-state index is -1.17. The molecule has 2 aliphatic heterocycles. The number of allylic oxidation sites excluding steroid dienone is 5. The molecule has 0 fully saturated rings. The summed E-state index contributed by atoms with van der Waals surface area (Å²) < 4.78 is 27.1. The zero-order chi connectivity index (χ0) is 44.2. The summed E-state index contributed by atoms with van der Waals surface area (Å²) in [4.78, 5) is 70.0. The van der Waals surface area contributed by atoms with Gasteiger partial charge in [-0.1, -0.05) is 38.3 Å². The second-order valence-electron chi connectivity index (χ2n) is 16.1. The molecule has 13 heteroatoms. The summed E-state index contributed by atoms with van der Waals surface area (Å²) in [6.07, 6.45) is 8.54. The van der Waals surface area contributed by atoms with Gasteiger partial charge in [0.2, 0.25) is 0 Å². The number of hydrogen-bond acceptors (Lipinski definition) is 11. The van der Waals surface area contributed by atoms with Gasteiger partial charge in [-0.2, -0.15) is 0 Å². The Morgan fingerprint density at radius 2 is 1.39 bits per heavy atom. The van der Waals surface area contributed by atoms with E-state index in [1.54, 1.807) is 6.08 Å². The molecule has 0 saturated carbocycles. The first-order valence-corrected chi connectivity index (χ1v) is 21.0. The Morgan fingerprint density at radius 1 is 0.738 bits per heavy atom. The Morgan fingerprint density at radius 3 is 2.07 bits per heavy atom. The summed E-state index contributed by atoms with van der Waals surface area (Å²) in [5.41, 5.74) is 10.7. The van der Waals surface area contributed by atoms with Crippen molar-refractivity contribution in [1.82, 2.24) is 19.9 Å². The Bertz CT molecular complexity index is 2500. The van der Waals surface area contributed by atoms with E-state index in [1.807, 2.05) is 51.1 Å². The third-order valence-corrected chi connectivity index (χ3v) is 12.5. The number of aryl methyl sites for hydroxylation is 3. The van der Waals surface area contributed by atoms with Crippen molar-refractivity contribution in [3.05, 3.63) is 87.0 Å². The highest BCUT2D eigenvalue weighted by Crippen LogP contribution is 2.52. The number of ether oxygens (including phenoxy) is 5. The third kappa shape index (κ3) is 8.70. The first-order chi connectivity index (χ1) is 29.2. The van der Waals surface area contributed by atoms with Gasteiger partial charge >= 0.3 is 23.9 Å². The van der Waals surface area contributed by atoms with Crippen LogP contribution in [0.1, 0.15) is 124 Å². The second-order valence-corrected chi connectivity index (χ2v) is 16.1. The minimum Gasteiger partial charge on any atom is -0.469 e. The van der Waals surface area contributed by atoms with E-state index in [9.17, 15) is 19.2 Å². The predicted molar refractivity (Wildman–Crippen MR) is 234 cm³/mol. The normalized spacial score (nSPS) is 17.6. The van der Waals surface area contributed by atoms with E-state index < -0.39 is 23.3 Å². The van der Waals surface area contributed by atoms with Crippen LogP contribution in [0.25, 0.3) is 38.8 Å². The van der Waals surface area contributed by atoms with Crippen LogP contribution in [0.5, 0.6) is 0 Å². The Kier molecular flexibility index (Phi) is 13.8. The lowest BCUT2D eigenvalue weighted by molar-refractivity contribution is -0.149. The van der Waals surface area contributed by atoms with E-state index in [0.717, 1.165) is 81.4 Å². The quantitative estimate of drug-likeness (QED) is 0.0852. The first kappa shape index (κ1) is 44.7. The molecule has 3 atom stereocenters. The number of hydrogen-bond donors (Lipinski definition) is 2. The lowest BCUT2D eigenvalue weighted by Gasteiger charge is -2.36. The molecule has 0 spiro atoms. The van der Waals surface area contributed by atoms with Gasteiger partial charge in [0.25, 0.3) is 0 Å². The maximum absolute atomic E-state index is 13.9. The van der Waals surface area contributed by atoms with Crippen molar-refractivity contribution in [3.63, 3.8) is 0 Å². The first-order valence-electron chi connectivity index (χ1n) is 21.0. The van der Waals surface area contributed by atoms with Crippen LogP contribution in [0.4, 0.5) is 0 Å². The van der Waals surface area contributed by atoms with Crippen LogP contribution in [0.2, 0.25) is 0 Å². The molecule has 324 valence electrons. The van der Waals surface area contributed by atoms with Crippen LogP contribution in [0.15, 0.2) is 42.0 Å². The number of fused-ring (bicyclic) bond motifs is 11. The lowest BCUT2D eigenvalue weighted by atomic mass is 9.64. The van der Waals surface area contributed by atoms with E-state index in [1.165, 1.54) is 28.4 Å². The fourth-order valence-corrected chi connectivity index (χ4v) is 8.91. The van der Waals surface area contributed by atoms with Gasteiger partial charge in [-0.15, -0.1) is 0 Å². The maximum atomic E-state index is 13.9. The number of rotatable bonds is 15. The lowest BCUT2D eigenvalue weighted by Crippen LogP contribution is -2.42. The zero-order valence-corrected chi connectivity index (χ0v) is 37.1. The zero-order valence-electron chi connectivity index (χ0n) is 37.1. The fraction of sp³-hybridized carbons (Fsp3) is 0.458. The Labute approximate surface area is 357 Å². The molecule has 0 amide bonds. The monoisotopic (exact) mass is 834 g/mol. The third-order valence-electron chi connectivity index (χ3n) is 12.5. The molecular weight excluding hydrogens is 777 g/mol. The molecule has 5 heterocycles. The maximum Gasteiger partial charge on any atom is 0.334 e. The molecule has 8 bridgehead atoms. The highest BCUT2D eigenvalue weighted by molar-refractivity contribution is 6.02. The van der Waals surface area contributed by atoms with Crippen LogP contribution >= 0.6 is 0 Å². The van der Waals surface area contributed by atoms with Crippen LogP contribution in [0.3, 0.4) is 0 Å². The number of aromatic nitrogens is 4. The van der Waals surface area contributed by atoms with Gasteiger partial charge in [0.15, 0.2) is 0 Å². The van der Waals surface area contributed by atoms with Crippen molar-refractivity contribution in [2.24, 2.45) is 5.92 Å². The van der Waals surface area contributed by atoms with E-state index in [0.29, 0.717) is 47.6 Å². The van der Waals surface area contributed by atoms with E-state index in [4.69, 9.17) is 33.7 Å². The van der Waals surface area contributed by atoms with Crippen molar-refractivity contribution < 1.29 is 42.9 Å². The molecule has 61 heavy (non-hydrogen) atoms. The molecule has 0 saturated heterocycles. The molecule has 0 aromatic carbocycles. The molecular formula is C48H58N4O9. The van der Waals surface area contributed by atoms with E-state index in [2.05, 4.69) is 30.7 Å². The van der Waals surface area contributed by atoms with Crippen molar-refractivity contribution in [2.75, 3.05) is 35.0 Å². The number of methoxy groups -OCH3 is 4. The van der Waals surface area contributed by atoms with Crippen molar-refractivity contribution in [1.29, 1.82) is 0 Å². The number of unbranched alkanes of at least 4 members (excludes halogenated alkanes) is 3. The van der Waals surface area contributed by atoms with Crippen LogP contribution in [-0.2, 0) is 54.7 Å². The Hall–Kier alpha value is -5.82.